The Labute approximate surface area is 86.7 Å². The average Bonchev–Trinajstić information content (AvgIpc) is 2.52. The van der Waals surface area contributed by atoms with E-state index in [9.17, 15) is 0 Å². The zero-order valence-electron chi connectivity index (χ0n) is 7.91. The van der Waals surface area contributed by atoms with E-state index in [-0.39, 0.29) is 0 Å². The molecule has 3 nitrogen and oxygen atoms in total. The summed E-state index contributed by atoms with van der Waals surface area (Å²) in [6, 6.07) is 6.05. The largest absolute Gasteiger partial charge is 0.242 e. The van der Waals surface area contributed by atoms with Gasteiger partial charge >= 0.3 is 0 Å². The Morgan fingerprint density at radius 1 is 1.21 bits per heavy atom. The van der Waals surface area contributed by atoms with E-state index in [1.165, 1.54) is 5.56 Å². The minimum Gasteiger partial charge on any atom is -0.242 e. The maximum absolute atomic E-state index is 5.82. The second-order valence-corrected chi connectivity index (χ2v) is 3.58. The fourth-order valence-electron chi connectivity index (χ4n) is 1.42. The monoisotopic (exact) mass is 208 g/mol. The lowest BCUT2D eigenvalue weighted by Gasteiger charge is -2.02. The van der Waals surface area contributed by atoms with Crippen LogP contribution in [-0.4, -0.2) is 10.3 Å². The van der Waals surface area contributed by atoms with Crippen molar-refractivity contribution in [2.75, 3.05) is 0 Å². The molecule has 2 aromatic rings. The van der Waals surface area contributed by atoms with Gasteiger partial charge in [-0.15, -0.1) is 0 Å². The van der Waals surface area contributed by atoms with Crippen LogP contribution in [0.25, 0.3) is 11.3 Å². The third-order valence-corrected chi connectivity index (χ3v) is 2.33. The van der Waals surface area contributed by atoms with Crippen LogP contribution in [0.4, 0.5) is 0 Å². The molecule has 1 aromatic carbocycles. The third kappa shape index (κ3) is 1.51. The van der Waals surface area contributed by atoms with Crippen molar-refractivity contribution in [3.05, 3.63) is 34.5 Å². The fraction of sp³-hybridized carbons (Fsp3) is 0.200. The van der Waals surface area contributed by atoms with Gasteiger partial charge in [0.05, 0.1) is 0 Å². The number of aromatic nitrogens is 2. The Kier molecular flexibility index (Phi) is 2.25. The second-order valence-electron chi connectivity index (χ2n) is 3.22. The van der Waals surface area contributed by atoms with Gasteiger partial charge in [-0.05, 0) is 29.7 Å². The minimum atomic E-state index is 0.303. The minimum absolute atomic E-state index is 0.303. The Morgan fingerprint density at radius 2 is 2.00 bits per heavy atom. The van der Waals surface area contributed by atoms with Gasteiger partial charge in [0, 0.05) is 5.56 Å². The molecule has 0 aliphatic carbocycles. The molecule has 0 atom stereocenters. The van der Waals surface area contributed by atoms with Crippen LogP contribution in [0, 0.1) is 13.8 Å². The van der Waals surface area contributed by atoms with Crippen LogP contribution in [-0.2, 0) is 0 Å². The molecule has 14 heavy (non-hydrogen) atoms. The van der Waals surface area contributed by atoms with E-state index in [0.717, 1.165) is 11.1 Å². The molecule has 2 rings (SSSR count). The van der Waals surface area contributed by atoms with Crippen LogP contribution in [0.5, 0.6) is 0 Å². The summed E-state index contributed by atoms with van der Waals surface area (Å²) >= 11 is 5.82. The summed E-state index contributed by atoms with van der Waals surface area (Å²) in [5.41, 5.74) is 3.88. The summed E-state index contributed by atoms with van der Waals surface area (Å²) in [6.07, 6.45) is 0. The molecule has 0 radical (unpaired) electrons. The Hall–Kier alpha value is -1.35. The number of aryl methyl sites for hydroxylation is 2. The fourth-order valence-corrected chi connectivity index (χ4v) is 1.58. The van der Waals surface area contributed by atoms with Crippen molar-refractivity contribution >= 4 is 11.6 Å². The maximum atomic E-state index is 5.82. The van der Waals surface area contributed by atoms with Crippen LogP contribution in [0.1, 0.15) is 11.1 Å². The zero-order chi connectivity index (χ0) is 10.1. The van der Waals surface area contributed by atoms with Gasteiger partial charge < -0.3 is 0 Å². The van der Waals surface area contributed by atoms with Crippen LogP contribution >= 0.6 is 11.6 Å². The molecular weight excluding hydrogens is 200 g/mol. The van der Waals surface area contributed by atoms with Gasteiger partial charge in [0.15, 0.2) is 5.69 Å². The Balaban J connectivity index is 2.58. The molecule has 0 fully saturated rings. The molecule has 0 spiro atoms. The van der Waals surface area contributed by atoms with Crippen LogP contribution in [0.15, 0.2) is 22.8 Å². The number of hydrogen-bond donors (Lipinski definition) is 0. The first-order valence-corrected chi connectivity index (χ1v) is 4.62. The van der Waals surface area contributed by atoms with E-state index in [0.29, 0.717) is 10.8 Å². The summed E-state index contributed by atoms with van der Waals surface area (Å²) in [4.78, 5) is 0. The lowest BCUT2D eigenvalue weighted by Crippen LogP contribution is -1.85. The highest BCUT2D eigenvalue weighted by atomic mass is 35.5. The molecule has 0 aliphatic rings. The van der Waals surface area contributed by atoms with Crippen molar-refractivity contribution in [3.63, 3.8) is 0 Å². The molecule has 1 aromatic heterocycles. The smallest absolute Gasteiger partial charge is 0.201 e. The number of hydrogen-bond acceptors (Lipinski definition) is 3. The summed E-state index contributed by atoms with van der Waals surface area (Å²) in [7, 11) is 0. The zero-order valence-corrected chi connectivity index (χ0v) is 8.67. The van der Waals surface area contributed by atoms with E-state index < -0.39 is 0 Å². The van der Waals surface area contributed by atoms with Crippen LogP contribution < -0.4 is 0 Å². The average molecular weight is 209 g/mol. The molecule has 0 saturated heterocycles. The van der Waals surface area contributed by atoms with Crippen molar-refractivity contribution in [1.82, 2.24) is 10.3 Å². The normalized spacial score (nSPS) is 10.5. The first-order valence-electron chi connectivity index (χ1n) is 4.24. The molecule has 4 heteroatoms. The molecule has 0 unspecified atom stereocenters. The van der Waals surface area contributed by atoms with Gasteiger partial charge in [-0.3, -0.25) is 0 Å². The van der Waals surface area contributed by atoms with Crippen molar-refractivity contribution in [3.8, 4) is 11.3 Å². The number of halogens is 1. The third-order valence-electron chi connectivity index (χ3n) is 2.09. The van der Waals surface area contributed by atoms with E-state index in [2.05, 4.69) is 21.0 Å². The highest BCUT2D eigenvalue weighted by molar-refractivity contribution is 6.31. The predicted molar refractivity (Wildman–Crippen MR) is 54.2 cm³/mol. The highest BCUT2D eigenvalue weighted by Crippen LogP contribution is 2.27. The standard InChI is InChI=1S/C10H9ClN2O/c1-6-3-4-8(7(2)5-6)9-10(11)13-14-12-9/h3-5H,1-2H3. The number of benzene rings is 1. The Bertz CT molecular complexity index is 465. The first kappa shape index (κ1) is 9.21. The van der Waals surface area contributed by atoms with Crippen molar-refractivity contribution < 1.29 is 4.63 Å². The number of nitrogens with zero attached hydrogens (tertiary/aromatic N) is 2. The van der Waals surface area contributed by atoms with Gasteiger partial charge in [0.25, 0.3) is 0 Å². The lowest BCUT2D eigenvalue weighted by atomic mass is 10.0. The van der Waals surface area contributed by atoms with Gasteiger partial charge in [0.1, 0.15) is 0 Å². The summed E-state index contributed by atoms with van der Waals surface area (Å²) < 4.78 is 4.55. The van der Waals surface area contributed by atoms with E-state index >= 15 is 0 Å². The quantitative estimate of drug-likeness (QED) is 0.723. The summed E-state index contributed by atoms with van der Waals surface area (Å²) in [5, 5.41) is 7.60. The first-order chi connectivity index (χ1) is 6.68. The Morgan fingerprint density at radius 3 is 2.57 bits per heavy atom. The van der Waals surface area contributed by atoms with Crippen LogP contribution in [0.3, 0.4) is 0 Å². The molecule has 0 saturated carbocycles. The maximum Gasteiger partial charge on any atom is 0.201 e. The summed E-state index contributed by atoms with van der Waals surface area (Å²) in [6.45, 7) is 4.05. The summed E-state index contributed by atoms with van der Waals surface area (Å²) in [5.74, 6) is 0. The van der Waals surface area contributed by atoms with E-state index in [1.807, 2.05) is 26.0 Å². The topological polar surface area (TPSA) is 38.9 Å². The molecule has 0 N–H and O–H groups in total. The highest BCUT2D eigenvalue weighted by Gasteiger charge is 2.11. The van der Waals surface area contributed by atoms with Crippen molar-refractivity contribution in [2.24, 2.45) is 0 Å². The van der Waals surface area contributed by atoms with E-state index in [4.69, 9.17) is 11.6 Å². The van der Waals surface area contributed by atoms with Gasteiger partial charge in [0.2, 0.25) is 5.15 Å². The van der Waals surface area contributed by atoms with Crippen molar-refractivity contribution in [1.29, 1.82) is 0 Å². The SMILES string of the molecule is Cc1ccc(-c2nonc2Cl)c(C)c1. The van der Waals surface area contributed by atoms with E-state index in [1.54, 1.807) is 0 Å². The molecule has 0 amide bonds. The molecule has 1 heterocycles. The molecule has 72 valence electrons. The van der Waals surface area contributed by atoms with Gasteiger partial charge in [-0.25, -0.2) is 4.63 Å². The molecular formula is C10H9ClN2O. The lowest BCUT2D eigenvalue weighted by molar-refractivity contribution is 0.308. The number of rotatable bonds is 1. The molecule has 0 bridgehead atoms. The van der Waals surface area contributed by atoms with Gasteiger partial charge in [-0.1, -0.05) is 35.4 Å². The van der Waals surface area contributed by atoms with Gasteiger partial charge in [-0.2, -0.15) is 0 Å². The van der Waals surface area contributed by atoms with Crippen LogP contribution in [0.2, 0.25) is 5.15 Å². The molecule has 0 aliphatic heterocycles. The van der Waals surface area contributed by atoms with Crippen molar-refractivity contribution in [2.45, 2.75) is 13.8 Å². The predicted octanol–water partition coefficient (Wildman–Crippen LogP) is 3.01. The second kappa shape index (κ2) is 3.42.